The van der Waals surface area contributed by atoms with Crippen molar-refractivity contribution in [2.75, 3.05) is 6.61 Å². The Morgan fingerprint density at radius 2 is 1.49 bits per heavy atom. The molecule has 0 saturated heterocycles. The van der Waals surface area contributed by atoms with E-state index in [1.165, 1.54) is 18.4 Å². The molecule has 4 nitrogen and oxygen atoms in total. The zero-order valence-electron chi connectivity index (χ0n) is 33.6. The Morgan fingerprint density at radius 1 is 0.872 bits per heavy atom. The van der Waals surface area contributed by atoms with Gasteiger partial charge in [-0.15, -0.1) is 0 Å². The Morgan fingerprint density at radius 3 is 2.06 bits per heavy atom. The van der Waals surface area contributed by atoms with Gasteiger partial charge in [0.2, 0.25) is 0 Å². The van der Waals surface area contributed by atoms with Gasteiger partial charge in [0.25, 0.3) is 0 Å². The molecule has 0 aliphatic heterocycles. The third-order valence-electron chi connectivity index (χ3n) is 15.7. The number of aliphatic hydroxyl groups excluding tert-OH is 2. The van der Waals surface area contributed by atoms with Crippen LogP contribution in [0, 0.1) is 52.3 Å². The van der Waals surface area contributed by atoms with Gasteiger partial charge in [-0.25, -0.2) is 0 Å². The minimum absolute atomic E-state index is 0.0113. The van der Waals surface area contributed by atoms with Crippen LogP contribution in [0.2, 0.25) is 36.3 Å². The predicted octanol–water partition coefficient (Wildman–Crippen LogP) is 11.0. The zero-order valence-corrected chi connectivity index (χ0v) is 35.6. The highest BCUT2D eigenvalue weighted by atomic mass is 28.4. The van der Waals surface area contributed by atoms with Crippen LogP contribution >= 0.6 is 0 Å². The third kappa shape index (κ3) is 7.78. The second kappa shape index (κ2) is 13.9. The van der Waals surface area contributed by atoms with Crippen LogP contribution < -0.4 is 0 Å². The van der Waals surface area contributed by atoms with E-state index in [0.717, 1.165) is 51.6 Å². The summed E-state index contributed by atoms with van der Waals surface area (Å²) in [7, 11) is -3.56. The van der Waals surface area contributed by atoms with Crippen molar-refractivity contribution < 1.29 is 19.1 Å². The molecule has 0 radical (unpaired) electrons. The van der Waals surface area contributed by atoms with E-state index in [0.29, 0.717) is 35.7 Å². The van der Waals surface area contributed by atoms with Gasteiger partial charge >= 0.3 is 0 Å². The van der Waals surface area contributed by atoms with E-state index in [2.05, 4.69) is 108 Å². The van der Waals surface area contributed by atoms with Crippen molar-refractivity contribution >= 4 is 16.6 Å². The van der Waals surface area contributed by atoms with Crippen LogP contribution in [0.3, 0.4) is 0 Å². The second-order valence-corrected chi connectivity index (χ2v) is 30.5. The molecule has 4 rings (SSSR count). The smallest absolute Gasteiger partial charge is 0.192 e. The maximum atomic E-state index is 12.1. The van der Waals surface area contributed by atoms with Crippen molar-refractivity contribution in [3.8, 4) is 0 Å². The van der Waals surface area contributed by atoms with Crippen molar-refractivity contribution in [3.63, 3.8) is 0 Å². The van der Waals surface area contributed by atoms with E-state index in [1.54, 1.807) is 0 Å². The van der Waals surface area contributed by atoms with E-state index < -0.39 is 16.6 Å². The molecule has 0 aromatic carbocycles. The van der Waals surface area contributed by atoms with Gasteiger partial charge in [-0.05, 0) is 140 Å². The van der Waals surface area contributed by atoms with Crippen LogP contribution in [0.15, 0.2) is 11.6 Å². The first-order chi connectivity index (χ1) is 21.4. The molecule has 4 aliphatic carbocycles. The van der Waals surface area contributed by atoms with E-state index in [4.69, 9.17) is 8.85 Å². The lowest BCUT2D eigenvalue weighted by Gasteiger charge is -2.60. The summed E-state index contributed by atoms with van der Waals surface area (Å²) in [5.41, 5.74) is 1.53. The zero-order chi connectivity index (χ0) is 35.5. The summed E-state index contributed by atoms with van der Waals surface area (Å²) in [6.45, 7) is 36.5. The number of hydrogen-bond acceptors (Lipinski definition) is 4. The molecule has 3 fully saturated rings. The molecule has 0 aromatic rings. The largest absolute Gasteiger partial charge is 0.417 e. The Labute approximate surface area is 293 Å². The van der Waals surface area contributed by atoms with E-state index in [9.17, 15) is 10.2 Å². The van der Waals surface area contributed by atoms with Gasteiger partial charge in [0, 0.05) is 12.7 Å². The summed E-state index contributed by atoms with van der Waals surface area (Å²) in [5, 5.41) is 24.4. The molecule has 11 atom stereocenters. The maximum absolute atomic E-state index is 12.1. The molecule has 2 N–H and O–H groups in total. The summed E-state index contributed by atoms with van der Waals surface area (Å²) in [6, 6.07) is 0. The fraction of sp³-hybridized carbons (Fsp3) is 0.951. The summed E-state index contributed by atoms with van der Waals surface area (Å²) in [6.07, 6.45) is 11.8. The lowest BCUT2D eigenvalue weighted by molar-refractivity contribution is -0.143. The van der Waals surface area contributed by atoms with E-state index >= 15 is 0 Å². The molecule has 3 saturated carbocycles. The maximum Gasteiger partial charge on any atom is 0.192 e. The highest BCUT2D eigenvalue weighted by Gasteiger charge is 2.64. The van der Waals surface area contributed by atoms with Crippen LogP contribution in [0.25, 0.3) is 0 Å². The van der Waals surface area contributed by atoms with Crippen LogP contribution in [0.4, 0.5) is 0 Å². The van der Waals surface area contributed by atoms with Crippen molar-refractivity contribution in [2.24, 2.45) is 52.3 Å². The number of fused-ring (bicyclic) bond motifs is 5. The van der Waals surface area contributed by atoms with Gasteiger partial charge in [-0.3, -0.25) is 0 Å². The van der Waals surface area contributed by atoms with Crippen molar-refractivity contribution in [3.05, 3.63) is 11.6 Å². The normalized spacial score (nSPS) is 38.0. The molecule has 6 heteroatoms. The monoisotopic (exact) mass is 691 g/mol. The molecule has 4 aliphatic rings. The average Bonchev–Trinajstić information content (AvgIpc) is 3.18. The lowest BCUT2D eigenvalue weighted by atomic mass is 9.46. The first-order valence-corrected chi connectivity index (χ1v) is 25.5. The molecule has 274 valence electrons. The number of allylic oxidation sites excluding steroid dienone is 1. The third-order valence-corrected chi connectivity index (χ3v) is 24.8. The van der Waals surface area contributed by atoms with Crippen LogP contribution in [0.5, 0.6) is 0 Å². The topological polar surface area (TPSA) is 58.9 Å². The van der Waals surface area contributed by atoms with Crippen molar-refractivity contribution in [1.82, 2.24) is 0 Å². The van der Waals surface area contributed by atoms with Gasteiger partial charge in [0.15, 0.2) is 16.6 Å². The summed E-state index contributed by atoms with van der Waals surface area (Å²) in [4.78, 5) is 0. The molecular formula is C41H78O4Si2. The van der Waals surface area contributed by atoms with Gasteiger partial charge in [0.05, 0.1) is 12.2 Å². The highest BCUT2D eigenvalue weighted by Crippen LogP contribution is 2.67. The standard InChI is InChI=1S/C41H78O4Si2/c1-27(2)29(21-23-44-46(12,13)38(4,5)6)17-16-28(3)33-25-34(42)36-32-19-18-30-24-31(45-47(14,15)39(7,8)9)20-22-40(30,10)37(32)35(43)26-41(33,36)11/h18,27-29,31-37,42-43H,16-17,19-26H2,1-15H3/t28-,29-,31+,32+,33-,34-,35-,36-,37-,40+,41-/m1/s1. The predicted molar refractivity (Wildman–Crippen MR) is 205 cm³/mol. The average molecular weight is 691 g/mol. The Hall–Kier alpha value is 0.0138. The number of rotatable bonds is 11. The van der Waals surface area contributed by atoms with Gasteiger partial charge in [0.1, 0.15) is 0 Å². The Bertz CT molecular complexity index is 1100. The fourth-order valence-corrected chi connectivity index (χ4v) is 13.1. The molecule has 0 spiro atoms. The molecule has 0 amide bonds. The first kappa shape index (κ1) is 39.8. The second-order valence-electron chi connectivity index (χ2n) is 21.0. The van der Waals surface area contributed by atoms with Gasteiger partial charge < -0.3 is 19.1 Å². The summed E-state index contributed by atoms with van der Waals surface area (Å²) < 4.78 is 13.5. The van der Waals surface area contributed by atoms with Crippen molar-refractivity contribution in [2.45, 2.75) is 189 Å². The fourth-order valence-electron chi connectivity index (χ4n) is 10.6. The molecule has 47 heavy (non-hydrogen) atoms. The first-order valence-electron chi connectivity index (χ1n) is 19.7. The van der Waals surface area contributed by atoms with Crippen LogP contribution in [-0.2, 0) is 8.85 Å². The summed E-state index contributed by atoms with van der Waals surface area (Å²) in [5.74, 6) is 3.18. The summed E-state index contributed by atoms with van der Waals surface area (Å²) >= 11 is 0. The highest BCUT2D eigenvalue weighted by molar-refractivity contribution is 6.74. The molecule has 0 heterocycles. The minimum Gasteiger partial charge on any atom is -0.417 e. The van der Waals surface area contributed by atoms with Crippen LogP contribution in [0.1, 0.15) is 134 Å². The van der Waals surface area contributed by atoms with Crippen molar-refractivity contribution in [1.29, 1.82) is 0 Å². The number of aliphatic hydroxyl groups is 2. The SMILES string of the molecule is CC(C)[C@@H](CCO[Si](C)(C)C(C)(C)C)CC[C@@H](C)[C@H]1C[C@@H](O)[C@H]2[C@@H]3CC=C4C[C@@H](O[Si](C)(C)C(C)(C)C)CC[C@]4(C)[C@H]3[C@H](O)C[C@@]21C. The van der Waals surface area contributed by atoms with Gasteiger partial charge in [-0.2, -0.15) is 0 Å². The van der Waals surface area contributed by atoms with E-state index in [-0.39, 0.29) is 45.0 Å². The van der Waals surface area contributed by atoms with E-state index in [1.807, 2.05) is 0 Å². The molecular weight excluding hydrogens is 613 g/mol. The lowest BCUT2D eigenvalue weighted by Crippen LogP contribution is -2.58. The Balaban J connectivity index is 1.44. The van der Waals surface area contributed by atoms with Crippen LogP contribution in [-0.4, -0.2) is 51.8 Å². The quantitative estimate of drug-likeness (QED) is 0.167. The Kier molecular flexibility index (Phi) is 11.7. The molecule has 0 aromatic heterocycles. The molecule has 0 unspecified atom stereocenters. The van der Waals surface area contributed by atoms with Gasteiger partial charge in [-0.1, -0.05) is 94.2 Å². The molecule has 0 bridgehead atoms. The minimum atomic E-state index is -1.83. The number of hydrogen-bond donors (Lipinski definition) is 2.